The lowest BCUT2D eigenvalue weighted by Gasteiger charge is -2.18. The lowest BCUT2D eigenvalue weighted by atomic mass is 10.3. The van der Waals surface area contributed by atoms with Gasteiger partial charge in [0.2, 0.25) is 0 Å². The Bertz CT molecular complexity index is 612. The molecular weight excluding hydrogens is 327 g/mol. The zero-order valence-corrected chi connectivity index (χ0v) is 12.1. The molecule has 0 saturated carbocycles. The van der Waals surface area contributed by atoms with E-state index in [4.69, 9.17) is 4.74 Å². The fourth-order valence-electron chi connectivity index (χ4n) is 2.19. The SMILES string of the molecule is Fc1cncnc1N1CCC(Oc2ccncc2Br)C1. The van der Waals surface area contributed by atoms with Gasteiger partial charge < -0.3 is 9.64 Å². The second-order valence-corrected chi connectivity index (χ2v) is 5.33. The second-order valence-electron chi connectivity index (χ2n) is 4.47. The molecule has 0 aromatic carbocycles. The Morgan fingerprint density at radius 2 is 2.25 bits per heavy atom. The van der Waals surface area contributed by atoms with E-state index in [1.54, 1.807) is 18.5 Å². The fraction of sp³-hybridized carbons (Fsp3) is 0.308. The summed E-state index contributed by atoms with van der Waals surface area (Å²) in [5.74, 6) is 0.674. The normalized spacial score (nSPS) is 18.3. The number of hydrogen-bond donors (Lipinski definition) is 0. The average molecular weight is 339 g/mol. The van der Waals surface area contributed by atoms with Gasteiger partial charge in [-0.3, -0.25) is 4.98 Å². The molecule has 5 nitrogen and oxygen atoms in total. The van der Waals surface area contributed by atoms with Crippen LogP contribution in [0.2, 0.25) is 0 Å². The molecule has 1 aliphatic rings. The predicted molar refractivity (Wildman–Crippen MR) is 75.2 cm³/mol. The van der Waals surface area contributed by atoms with Crippen molar-refractivity contribution in [1.29, 1.82) is 0 Å². The third-order valence-electron chi connectivity index (χ3n) is 3.12. The van der Waals surface area contributed by atoms with E-state index in [-0.39, 0.29) is 6.10 Å². The number of aromatic nitrogens is 3. The summed E-state index contributed by atoms with van der Waals surface area (Å²) in [5.41, 5.74) is 0. The van der Waals surface area contributed by atoms with Crippen LogP contribution >= 0.6 is 15.9 Å². The van der Waals surface area contributed by atoms with Crippen molar-refractivity contribution in [3.8, 4) is 5.75 Å². The molecule has 0 spiro atoms. The number of hydrogen-bond acceptors (Lipinski definition) is 5. The number of nitrogens with zero attached hydrogens (tertiary/aromatic N) is 4. The van der Waals surface area contributed by atoms with Gasteiger partial charge in [-0.25, -0.2) is 14.4 Å². The van der Waals surface area contributed by atoms with Gasteiger partial charge >= 0.3 is 0 Å². The van der Waals surface area contributed by atoms with Crippen LogP contribution in [0.15, 0.2) is 35.5 Å². The summed E-state index contributed by atoms with van der Waals surface area (Å²) in [6.07, 6.45) is 6.71. The van der Waals surface area contributed by atoms with Crippen LogP contribution in [0.25, 0.3) is 0 Å². The molecule has 2 aromatic rings. The Kier molecular flexibility index (Phi) is 3.77. The van der Waals surface area contributed by atoms with Crippen LogP contribution in [0.1, 0.15) is 6.42 Å². The van der Waals surface area contributed by atoms with E-state index in [1.807, 2.05) is 4.90 Å². The Labute approximate surface area is 124 Å². The molecule has 0 aliphatic carbocycles. The van der Waals surface area contributed by atoms with Gasteiger partial charge in [0.05, 0.1) is 17.2 Å². The quantitative estimate of drug-likeness (QED) is 0.860. The first-order valence-corrected chi connectivity index (χ1v) is 7.00. The number of anilines is 1. The fourth-order valence-corrected chi connectivity index (χ4v) is 2.54. The van der Waals surface area contributed by atoms with E-state index in [0.717, 1.165) is 16.6 Å². The molecule has 7 heteroatoms. The van der Waals surface area contributed by atoms with Crippen LogP contribution in [-0.2, 0) is 0 Å². The first-order valence-electron chi connectivity index (χ1n) is 6.20. The molecule has 1 atom stereocenters. The highest BCUT2D eigenvalue weighted by molar-refractivity contribution is 9.10. The van der Waals surface area contributed by atoms with Crippen LogP contribution < -0.4 is 9.64 Å². The maximum atomic E-state index is 13.6. The van der Waals surface area contributed by atoms with E-state index < -0.39 is 5.82 Å². The molecule has 3 rings (SSSR count). The number of rotatable bonds is 3. The molecule has 104 valence electrons. The minimum Gasteiger partial charge on any atom is -0.487 e. The summed E-state index contributed by atoms with van der Waals surface area (Å²) in [6.45, 7) is 1.31. The molecule has 20 heavy (non-hydrogen) atoms. The van der Waals surface area contributed by atoms with Gasteiger partial charge in [0.25, 0.3) is 0 Å². The Morgan fingerprint density at radius 3 is 3.05 bits per heavy atom. The van der Waals surface area contributed by atoms with Crippen LogP contribution in [-0.4, -0.2) is 34.1 Å². The molecule has 1 unspecified atom stereocenters. The zero-order valence-electron chi connectivity index (χ0n) is 10.5. The van der Waals surface area contributed by atoms with E-state index in [1.165, 1.54) is 12.5 Å². The smallest absolute Gasteiger partial charge is 0.183 e. The summed E-state index contributed by atoms with van der Waals surface area (Å²) in [7, 11) is 0. The molecule has 1 saturated heterocycles. The molecule has 1 aliphatic heterocycles. The van der Waals surface area contributed by atoms with Gasteiger partial charge in [-0.1, -0.05) is 0 Å². The third kappa shape index (κ3) is 2.72. The lowest BCUT2D eigenvalue weighted by Crippen LogP contribution is -2.26. The van der Waals surface area contributed by atoms with Crippen molar-refractivity contribution in [2.45, 2.75) is 12.5 Å². The Morgan fingerprint density at radius 1 is 1.35 bits per heavy atom. The van der Waals surface area contributed by atoms with Crippen LogP contribution in [0.3, 0.4) is 0 Å². The minimum absolute atomic E-state index is 0.00284. The molecule has 3 heterocycles. The van der Waals surface area contributed by atoms with Crippen molar-refractivity contribution in [1.82, 2.24) is 15.0 Å². The van der Waals surface area contributed by atoms with Gasteiger partial charge in [0.1, 0.15) is 18.2 Å². The van der Waals surface area contributed by atoms with Crippen molar-refractivity contribution in [2.24, 2.45) is 0 Å². The largest absolute Gasteiger partial charge is 0.487 e. The monoisotopic (exact) mass is 338 g/mol. The summed E-state index contributed by atoms with van der Waals surface area (Å²) in [5, 5.41) is 0. The standard InChI is InChI=1S/C13H12BrFN4O/c14-10-5-16-3-1-12(10)20-9-2-4-19(7-9)13-11(15)6-17-8-18-13/h1,3,5-6,8-9H,2,4,7H2. The molecule has 0 amide bonds. The molecule has 0 bridgehead atoms. The van der Waals surface area contributed by atoms with Gasteiger partial charge in [-0.05, 0) is 22.0 Å². The highest BCUT2D eigenvalue weighted by atomic mass is 79.9. The zero-order chi connectivity index (χ0) is 13.9. The van der Waals surface area contributed by atoms with Crippen molar-refractivity contribution in [3.63, 3.8) is 0 Å². The van der Waals surface area contributed by atoms with Gasteiger partial charge in [0.15, 0.2) is 11.6 Å². The summed E-state index contributed by atoms with van der Waals surface area (Å²) in [6, 6.07) is 1.80. The topological polar surface area (TPSA) is 51.1 Å². The number of halogens is 2. The summed E-state index contributed by atoms with van der Waals surface area (Å²) in [4.78, 5) is 13.5. The second kappa shape index (κ2) is 5.70. The lowest BCUT2D eigenvalue weighted by molar-refractivity contribution is 0.223. The molecular formula is C13H12BrFN4O. The van der Waals surface area contributed by atoms with Crippen LogP contribution in [0.5, 0.6) is 5.75 Å². The highest BCUT2D eigenvalue weighted by Gasteiger charge is 2.27. The Hall–Kier alpha value is -1.76. The molecule has 2 aromatic heterocycles. The van der Waals surface area contributed by atoms with E-state index in [2.05, 4.69) is 30.9 Å². The third-order valence-corrected chi connectivity index (χ3v) is 3.72. The highest BCUT2D eigenvalue weighted by Crippen LogP contribution is 2.27. The van der Waals surface area contributed by atoms with E-state index in [0.29, 0.717) is 18.9 Å². The number of ether oxygens (including phenoxy) is 1. The maximum absolute atomic E-state index is 13.6. The van der Waals surface area contributed by atoms with Crippen molar-refractivity contribution in [3.05, 3.63) is 41.3 Å². The van der Waals surface area contributed by atoms with Crippen molar-refractivity contribution >= 4 is 21.7 Å². The van der Waals surface area contributed by atoms with Crippen LogP contribution in [0, 0.1) is 5.82 Å². The van der Waals surface area contributed by atoms with Crippen LogP contribution in [0.4, 0.5) is 10.2 Å². The summed E-state index contributed by atoms with van der Waals surface area (Å²) < 4.78 is 20.4. The first-order chi connectivity index (χ1) is 9.74. The minimum atomic E-state index is -0.404. The molecule has 0 radical (unpaired) electrons. The summed E-state index contributed by atoms with van der Waals surface area (Å²) >= 11 is 3.39. The average Bonchev–Trinajstić information content (AvgIpc) is 2.90. The predicted octanol–water partition coefficient (Wildman–Crippen LogP) is 2.43. The van der Waals surface area contributed by atoms with Gasteiger partial charge in [-0.2, -0.15) is 0 Å². The van der Waals surface area contributed by atoms with E-state index >= 15 is 0 Å². The van der Waals surface area contributed by atoms with Gasteiger partial charge in [0, 0.05) is 25.4 Å². The first kappa shape index (κ1) is 13.2. The van der Waals surface area contributed by atoms with Gasteiger partial charge in [-0.15, -0.1) is 0 Å². The van der Waals surface area contributed by atoms with E-state index in [9.17, 15) is 4.39 Å². The molecule has 0 N–H and O–H groups in total. The maximum Gasteiger partial charge on any atom is 0.183 e. The van der Waals surface area contributed by atoms with Crippen molar-refractivity contribution < 1.29 is 9.13 Å². The molecule has 1 fully saturated rings. The number of pyridine rings is 1. The van der Waals surface area contributed by atoms with Crippen molar-refractivity contribution in [2.75, 3.05) is 18.0 Å². The Balaban J connectivity index is 1.69.